The van der Waals surface area contributed by atoms with Crippen molar-refractivity contribution in [3.05, 3.63) is 12.8 Å². The summed E-state index contributed by atoms with van der Waals surface area (Å²) in [5, 5.41) is 0. The fourth-order valence-corrected chi connectivity index (χ4v) is 0.760. The summed E-state index contributed by atoms with van der Waals surface area (Å²) in [6.45, 7) is 0. The van der Waals surface area contributed by atoms with E-state index < -0.39 is 0 Å². The summed E-state index contributed by atoms with van der Waals surface area (Å²) in [6, 6.07) is 0. The molecular formula is C6H10IMgRb. The molecule has 0 amide bonds. The molecule has 1 aliphatic rings. The molecule has 1 fully saturated rings. The van der Waals surface area contributed by atoms with E-state index in [2.05, 4.69) is 12.8 Å². The van der Waals surface area contributed by atoms with Crippen LogP contribution in [0.3, 0.4) is 0 Å². The van der Waals surface area contributed by atoms with Gasteiger partial charge in [0, 0.05) is 0 Å². The second kappa shape index (κ2) is 13.9. The molecule has 0 saturated heterocycles. The molecule has 0 heterocycles. The van der Waals surface area contributed by atoms with Crippen molar-refractivity contribution < 1.29 is 82.2 Å². The molecule has 1 rings (SSSR count). The van der Waals surface area contributed by atoms with Crippen molar-refractivity contribution >= 4 is 23.1 Å². The molecule has 0 N–H and O–H groups in total. The van der Waals surface area contributed by atoms with E-state index >= 15 is 0 Å². The summed E-state index contributed by atoms with van der Waals surface area (Å²) in [7, 11) is 0. The van der Waals surface area contributed by atoms with Crippen LogP contribution < -0.4 is 82.2 Å². The van der Waals surface area contributed by atoms with Gasteiger partial charge < -0.3 is 36.8 Å². The van der Waals surface area contributed by atoms with Crippen molar-refractivity contribution in [1.82, 2.24) is 0 Å². The predicted octanol–water partition coefficient (Wildman–Crippen LogP) is -4.40. The van der Waals surface area contributed by atoms with Crippen LogP contribution in [0.15, 0.2) is 0 Å². The summed E-state index contributed by atoms with van der Waals surface area (Å²) in [6.07, 6.45) is 10.0. The average Bonchev–Trinajstić information content (AvgIpc) is 1.72. The van der Waals surface area contributed by atoms with Crippen LogP contribution in [0.4, 0.5) is 0 Å². The van der Waals surface area contributed by atoms with E-state index in [1.807, 2.05) is 0 Å². The SMILES string of the molecule is [CH-]1CC[CH-]CC1.[I-].[Mg+2].[Rb+]. The van der Waals surface area contributed by atoms with Crippen LogP contribution in [0.25, 0.3) is 0 Å². The molecule has 0 radical (unpaired) electrons. The summed E-state index contributed by atoms with van der Waals surface area (Å²) in [5.41, 5.74) is 0. The van der Waals surface area contributed by atoms with Crippen LogP contribution in [0.2, 0.25) is 0 Å². The van der Waals surface area contributed by atoms with Crippen LogP contribution in [-0.2, 0) is 0 Å². The minimum atomic E-state index is 0. The third-order valence-electron chi connectivity index (χ3n) is 1.15. The Bertz CT molecular complexity index is 28.5. The van der Waals surface area contributed by atoms with Gasteiger partial charge in [0.2, 0.25) is 0 Å². The predicted molar refractivity (Wildman–Crippen MR) is 32.8 cm³/mol. The fourth-order valence-electron chi connectivity index (χ4n) is 0.760. The third-order valence-corrected chi connectivity index (χ3v) is 1.15. The minimum absolute atomic E-state index is 0. The van der Waals surface area contributed by atoms with Gasteiger partial charge in [0.25, 0.3) is 0 Å². The van der Waals surface area contributed by atoms with Crippen LogP contribution in [0, 0.1) is 12.8 Å². The maximum atomic E-state index is 2.36. The molecule has 0 aromatic rings. The monoisotopic (exact) mass is 318 g/mol. The molecule has 0 spiro atoms. The van der Waals surface area contributed by atoms with Gasteiger partial charge in [-0.3, -0.25) is 0 Å². The van der Waals surface area contributed by atoms with Gasteiger partial charge in [-0.05, 0) is 0 Å². The Kier molecular flexibility index (Phi) is 28.0. The molecule has 0 aliphatic heterocycles. The zero-order chi connectivity index (χ0) is 4.24. The number of hydrogen-bond donors (Lipinski definition) is 0. The first kappa shape index (κ1) is 18.2. The van der Waals surface area contributed by atoms with Gasteiger partial charge in [0.1, 0.15) is 0 Å². The number of hydrogen-bond acceptors (Lipinski definition) is 0. The van der Waals surface area contributed by atoms with Gasteiger partial charge in [-0.2, -0.15) is 0 Å². The van der Waals surface area contributed by atoms with Gasteiger partial charge in [0.15, 0.2) is 0 Å². The Labute approximate surface area is 140 Å². The Morgan fingerprint density at radius 1 is 0.778 bits per heavy atom. The molecule has 9 heavy (non-hydrogen) atoms. The van der Waals surface area contributed by atoms with Crippen LogP contribution in [0.1, 0.15) is 25.7 Å². The average molecular weight is 319 g/mol. The smallest absolute Gasteiger partial charge is 1.00 e. The summed E-state index contributed by atoms with van der Waals surface area (Å²) < 4.78 is 0. The van der Waals surface area contributed by atoms with E-state index in [0.717, 1.165) is 0 Å². The van der Waals surface area contributed by atoms with Gasteiger partial charge in [-0.15, -0.1) is 0 Å². The Hall–Kier alpha value is 3.30. The Morgan fingerprint density at radius 2 is 1.00 bits per heavy atom. The molecule has 44 valence electrons. The van der Waals surface area contributed by atoms with Crippen molar-refractivity contribution in [2.24, 2.45) is 0 Å². The topological polar surface area (TPSA) is 0 Å². The second-order valence-electron chi connectivity index (χ2n) is 1.73. The normalized spacial score (nSPS) is 16.0. The first-order chi connectivity index (χ1) is 3.00. The molecule has 0 bridgehead atoms. The Balaban J connectivity index is -0.000000120. The summed E-state index contributed by atoms with van der Waals surface area (Å²) in [5.74, 6) is 0. The molecule has 0 unspecified atom stereocenters. The van der Waals surface area contributed by atoms with Gasteiger partial charge in [-0.25, -0.2) is 25.7 Å². The standard InChI is InChI=1S/C6H10.HI.Mg.Rb/c1-2-4-6-5-3-1;;;/h1,6H,2-5H2;1H;;/q-2;;+2;+1/p-1. The van der Waals surface area contributed by atoms with E-state index in [1.165, 1.54) is 25.7 Å². The van der Waals surface area contributed by atoms with E-state index in [1.54, 1.807) is 0 Å². The molecular weight excluding hydrogens is 309 g/mol. The van der Waals surface area contributed by atoms with Crippen molar-refractivity contribution in [3.8, 4) is 0 Å². The molecule has 0 aromatic heterocycles. The zero-order valence-corrected chi connectivity index (χ0v) is 14.6. The summed E-state index contributed by atoms with van der Waals surface area (Å²) in [4.78, 5) is 0. The van der Waals surface area contributed by atoms with Gasteiger partial charge >= 0.3 is 81.2 Å². The minimum Gasteiger partial charge on any atom is -1.00 e. The van der Waals surface area contributed by atoms with Crippen molar-refractivity contribution in [2.75, 3.05) is 0 Å². The summed E-state index contributed by atoms with van der Waals surface area (Å²) >= 11 is 0. The van der Waals surface area contributed by atoms with E-state index in [4.69, 9.17) is 0 Å². The molecule has 1 aliphatic carbocycles. The zero-order valence-electron chi connectivity index (χ0n) is 6.07. The van der Waals surface area contributed by atoms with E-state index in [9.17, 15) is 0 Å². The fraction of sp³-hybridized carbons (Fsp3) is 0.667. The van der Waals surface area contributed by atoms with Crippen LogP contribution in [-0.4, -0.2) is 23.1 Å². The van der Waals surface area contributed by atoms with Crippen molar-refractivity contribution in [2.45, 2.75) is 25.7 Å². The number of halogens is 1. The molecule has 0 nitrogen and oxygen atoms in total. The van der Waals surface area contributed by atoms with Gasteiger partial charge in [0.05, 0.1) is 0 Å². The molecule has 1 saturated carbocycles. The molecule has 0 aromatic carbocycles. The first-order valence-electron chi connectivity index (χ1n) is 2.63. The van der Waals surface area contributed by atoms with E-state index in [0.29, 0.717) is 0 Å². The maximum Gasteiger partial charge on any atom is 2.00 e. The maximum absolute atomic E-state index is 2.36. The Morgan fingerprint density at radius 3 is 1.11 bits per heavy atom. The molecule has 0 atom stereocenters. The van der Waals surface area contributed by atoms with Crippen LogP contribution in [0.5, 0.6) is 0 Å². The second-order valence-corrected chi connectivity index (χ2v) is 1.73. The van der Waals surface area contributed by atoms with Crippen LogP contribution >= 0.6 is 0 Å². The third kappa shape index (κ3) is 11.3. The first-order valence-corrected chi connectivity index (χ1v) is 2.63. The van der Waals surface area contributed by atoms with Crippen molar-refractivity contribution in [1.29, 1.82) is 0 Å². The van der Waals surface area contributed by atoms with E-state index in [-0.39, 0.29) is 105 Å². The quantitative estimate of drug-likeness (QED) is 0.240. The van der Waals surface area contributed by atoms with Gasteiger partial charge in [-0.1, -0.05) is 0 Å². The number of rotatable bonds is 0. The molecule has 3 heteroatoms. The van der Waals surface area contributed by atoms with Crippen molar-refractivity contribution in [3.63, 3.8) is 0 Å². The largest absolute Gasteiger partial charge is 2.00 e.